The average Bonchev–Trinajstić information content (AvgIpc) is 3.07. The molecule has 0 amide bonds. The molecule has 0 radical (unpaired) electrons. The van der Waals surface area contributed by atoms with E-state index in [4.69, 9.17) is 9.47 Å². The zero-order chi connectivity index (χ0) is 20.5. The van der Waals surface area contributed by atoms with Crippen molar-refractivity contribution >= 4 is 11.9 Å². The summed E-state index contributed by atoms with van der Waals surface area (Å²) in [6.45, 7) is 6.33. The zero-order valence-corrected chi connectivity index (χ0v) is 17.1. The molecule has 1 aliphatic heterocycles. The lowest BCUT2D eigenvalue weighted by Gasteiger charge is -2.59. The molecule has 0 aromatic rings. The zero-order valence-electron chi connectivity index (χ0n) is 17.1. The standard InChI is InChI=1S/C22H32O6/c1-14-4-7-22(13-28-15(2)24)17(11-23)9-18(25)10-19(22)21(14,3)6-5-16-8-20(26)27-12-16/h8-9,14,18-19,23,25H,4-7,10-13H2,1-3H3/t14-,18-,19-,21+,22-/m0/s1. The highest BCUT2D eigenvalue weighted by Gasteiger charge is 2.57. The lowest BCUT2D eigenvalue weighted by molar-refractivity contribution is -0.153. The van der Waals surface area contributed by atoms with Crippen molar-refractivity contribution in [1.29, 1.82) is 0 Å². The molecular weight excluding hydrogens is 360 g/mol. The Morgan fingerprint density at radius 1 is 1.43 bits per heavy atom. The number of carbonyl (C=O) groups excluding carboxylic acids is 2. The first-order chi connectivity index (χ1) is 13.2. The van der Waals surface area contributed by atoms with E-state index in [1.807, 2.05) is 0 Å². The number of ether oxygens (including phenoxy) is 2. The molecule has 0 aromatic heterocycles. The summed E-state index contributed by atoms with van der Waals surface area (Å²) >= 11 is 0. The van der Waals surface area contributed by atoms with E-state index in [2.05, 4.69) is 13.8 Å². The topological polar surface area (TPSA) is 93.1 Å². The molecule has 156 valence electrons. The van der Waals surface area contributed by atoms with Gasteiger partial charge in [-0.05, 0) is 60.5 Å². The Bertz CT molecular complexity index is 695. The number of cyclic esters (lactones) is 1. The van der Waals surface area contributed by atoms with Crippen LogP contribution in [0.15, 0.2) is 23.3 Å². The summed E-state index contributed by atoms with van der Waals surface area (Å²) in [6, 6.07) is 0. The van der Waals surface area contributed by atoms with Crippen LogP contribution in [0.4, 0.5) is 0 Å². The van der Waals surface area contributed by atoms with Crippen LogP contribution in [0.25, 0.3) is 0 Å². The fourth-order valence-corrected chi connectivity index (χ4v) is 5.65. The summed E-state index contributed by atoms with van der Waals surface area (Å²) in [5, 5.41) is 20.6. The summed E-state index contributed by atoms with van der Waals surface area (Å²) in [7, 11) is 0. The summed E-state index contributed by atoms with van der Waals surface area (Å²) in [4.78, 5) is 23.0. The Hall–Kier alpha value is -1.66. The van der Waals surface area contributed by atoms with Crippen molar-refractivity contribution in [3.05, 3.63) is 23.3 Å². The van der Waals surface area contributed by atoms with E-state index < -0.39 is 11.5 Å². The predicted octanol–water partition coefficient (Wildman–Crippen LogP) is 2.54. The van der Waals surface area contributed by atoms with Crippen molar-refractivity contribution in [3.63, 3.8) is 0 Å². The van der Waals surface area contributed by atoms with Crippen LogP contribution >= 0.6 is 0 Å². The monoisotopic (exact) mass is 392 g/mol. The van der Waals surface area contributed by atoms with Gasteiger partial charge in [0.2, 0.25) is 0 Å². The predicted molar refractivity (Wildman–Crippen MR) is 103 cm³/mol. The molecule has 0 aromatic carbocycles. The molecule has 1 heterocycles. The highest BCUT2D eigenvalue weighted by atomic mass is 16.5. The lowest BCUT2D eigenvalue weighted by Crippen LogP contribution is -2.55. The SMILES string of the molecule is CC(=O)OC[C@]12CC[C@H](C)[C@@](C)(CCC3=CC(=O)OC3)[C@@H]1C[C@@H](O)C=C2CO. The molecule has 2 N–H and O–H groups in total. The van der Waals surface area contributed by atoms with Crippen LogP contribution < -0.4 is 0 Å². The van der Waals surface area contributed by atoms with Crippen molar-refractivity contribution in [1.82, 2.24) is 0 Å². The van der Waals surface area contributed by atoms with Crippen molar-refractivity contribution in [2.45, 2.75) is 59.0 Å². The number of aliphatic hydroxyl groups is 2. The van der Waals surface area contributed by atoms with Gasteiger partial charge < -0.3 is 19.7 Å². The quantitative estimate of drug-likeness (QED) is 0.533. The minimum Gasteiger partial charge on any atom is -0.465 e. The fourth-order valence-electron chi connectivity index (χ4n) is 5.65. The van der Waals surface area contributed by atoms with Gasteiger partial charge in [0, 0.05) is 18.4 Å². The maximum atomic E-state index is 11.6. The molecule has 1 saturated carbocycles. The van der Waals surface area contributed by atoms with Crippen LogP contribution in [0.2, 0.25) is 0 Å². The summed E-state index contributed by atoms with van der Waals surface area (Å²) in [5.41, 5.74) is 1.22. The molecule has 6 nitrogen and oxygen atoms in total. The number of aliphatic hydroxyl groups excluding tert-OH is 2. The summed E-state index contributed by atoms with van der Waals surface area (Å²) < 4.78 is 10.5. The number of hydrogen-bond donors (Lipinski definition) is 2. The largest absolute Gasteiger partial charge is 0.465 e. The van der Waals surface area contributed by atoms with Gasteiger partial charge in [0.05, 0.1) is 12.7 Å². The minimum absolute atomic E-state index is 0.0730. The molecule has 0 unspecified atom stereocenters. The molecule has 6 heteroatoms. The first-order valence-corrected chi connectivity index (χ1v) is 10.2. The van der Waals surface area contributed by atoms with E-state index in [0.29, 0.717) is 18.9 Å². The number of rotatable bonds is 6. The number of esters is 2. The molecule has 1 fully saturated rings. The third-order valence-electron chi connectivity index (χ3n) is 7.53. The average molecular weight is 392 g/mol. The van der Waals surface area contributed by atoms with E-state index in [1.54, 1.807) is 12.2 Å². The van der Waals surface area contributed by atoms with Crippen LogP contribution in [0.5, 0.6) is 0 Å². The molecule has 28 heavy (non-hydrogen) atoms. The van der Waals surface area contributed by atoms with Gasteiger partial charge in [0.1, 0.15) is 13.2 Å². The maximum absolute atomic E-state index is 11.6. The highest BCUT2D eigenvalue weighted by Crippen LogP contribution is 2.62. The molecule has 0 saturated heterocycles. The van der Waals surface area contributed by atoms with E-state index in [0.717, 1.165) is 36.8 Å². The second kappa shape index (κ2) is 7.99. The Kier molecular flexibility index (Phi) is 6.01. The third kappa shape index (κ3) is 3.77. The minimum atomic E-state index is -0.613. The van der Waals surface area contributed by atoms with Crippen LogP contribution in [0, 0.1) is 22.7 Å². The summed E-state index contributed by atoms with van der Waals surface area (Å²) in [5.74, 6) is -0.126. The van der Waals surface area contributed by atoms with Crippen molar-refractivity contribution in [2.75, 3.05) is 19.8 Å². The van der Waals surface area contributed by atoms with E-state index >= 15 is 0 Å². The van der Waals surface area contributed by atoms with Gasteiger partial charge in [0.15, 0.2) is 0 Å². The smallest absolute Gasteiger partial charge is 0.331 e. The Balaban J connectivity index is 1.93. The summed E-state index contributed by atoms with van der Waals surface area (Å²) in [6.07, 6.45) is 6.70. The first-order valence-electron chi connectivity index (χ1n) is 10.2. The van der Waals surface area contributed by atoms with Gasteiger partial charge >= 0.3 is 11.9 Å². The van der Waals surface area contributed by atoms with E-state index in [9.17, 15) is 19.8 Å². The second-order valence-corrected chi connectivity index (χ2v) is 9.00. The van der Waals surface area contributed by atoms with Crippen molar-refractivity contribution < 1.29 is 29.3 Å². The Labute approximate surface area is 166 Å². The highest BCUT2D eigenvalue weighted by molar-refractivity contribution is 5.85. The van der Waals surface area contributed by atoms with Gasteiger partial charge in [-0.2, -0.15) is 0 Å². The van der Waals surface area contributed by atoms with Crippen LogP contribution in [0.1, 0.15) is 52.9 Å². The molecule has 2 aliphatic carbocycles. The first kappa shape index (κ1) is 21.1. The van der Waals surface area contributed by atoms with Gasteiger partial charge in [0.25, 0.3) is 0 Å². The van der Waals surface area contributed by atoms with Gasteiger partial charge in [-0.15, -0.1) is 0 Å². The van der Waals surface area contributed by atoms with Gasteiger partial charge in [-0.25, -0.2) is 4.79 Å². The molecule has 3 rings (SSSR count). The van der Waals surface area contributed by atoms with Crippen molar-refractivity contribution in [2.24, 2.45) is 22.7 Å². The second-order valence-electron chi connectivity index (χ2n) is 9.00. The van der Waals surface area contributed by atoms with E-state index in [-0.39, 0.29) is 36.5 Å². The maximum Gasteiger partial charge on any atom is 0.331 e. The fraction of sp³-hybridized carbons (Fsp3) is 0.727. The van der Waals surface area contributed by atoms with E-state index in [1.165, 1.54) is 6.92 Å². The molecule has 0 bridgehead atoms. The number of fused-ring (bicyclic) bond motifs is 1. The third-order valence-corrected chi connectivity index (χ3v) is 7.53. The Morgan fingerprint density at radius 3 is 2.79 bits per heavy atom. The van der Waals surface area contributed by atoms with Crippen LogP contribution in [-0.2, 0) is 19.1 Å². The molecule has 5 atom stereocenters. The Morgan fingerprint density at radius 2 is 2.18 bits per heavy atom. The van der Waals surface area contributed by atoms with Crippen LogP contribution in [0.3, 0.4) is 0 Å². The van der Waals surface area contributed by atoms with Gasteiger partial charge in [-0.3, -0.25) is 4.79 Å². The van der Waals surface area contributed by atoms with Crippen LogP contribution in [-0.4, -0.2) is 48.1 Å². The van der Waals surface area contributed by atoms with Crippen molar-refractivity contribution in [3.8, 4) is 0 Å². The molecule has 0 spiro atoms. The molecule has 3 aliphatic rings. The lowest BCUT2D eigenvalue weighted by atomic mass is 9.46. The number of hydrogen-bond acceptors (Lipinski definition) is 6. The van der Waals surface area contributed by atoms with Gasteiger partial charge in [-0.1, -0.05) is 19.9 Å². The molecular formula is C22H32O6. The number of carbonyl (C=O) groups is 2. The normalized spacial score (nSPS) is 37.6.